The monoisotopic (exact) mass is 219 g/mol. The third-order valence-electron chi connectivity index (χ3n) is 0.490. The second-order valence-electron chi connectivity index (χ2n) is 1.53. The predicted octanol–water partition coefficient (Wildman–Crippen LogP) is -9.46. The third-order valence-corrected chi connectivity index (χ3v) is 0.490. The van der Waals surface area contributed by atoms with Crippen LogP contribution in [0.15, 0.2) is 12.7 Å². The molecule has 0 atom stereocenters. The van der Waals surface area contributed by atoms with Crippen molar-refractivity contribution < 1.29 is 83.7 Å². The summed E-state index contributed by atoms with van der Waals surface area (Å²) in [6.07, 6.45) is 0.0278. The number of carbonyl (C=O) groups excluding carboxylic acids is 3. The quantitative estimate of drug-likeness (QED) is 0.287. The normalized spacial score (nSPS) is 6.29. The van der Waals surface area contributed by atoms with Gasteiger partial charge in [0.05, 0.1) is 0 Å². The Hall–Kier alpha value is 0.150. The Morgan fingerprint density at radius 2 is 1.36 bits per heavy atom. The minimum atomic E-state index is -1.63. The van der Waals surface area contributed by atoms with E-state index in [1.165, 1.54) is 0 Å². The van der Waals surface area contributed by atoms with Gasteiger partial charge in [0.15, 0.2) is 0 Å². The molecule has 0 aromatic carbocycles. The molecule has 0 spiro atoms. The van der Waals surface area contributed by atoms with E-state index >= 15 is 0 Å². The summed E-state index contributed by atoms with van der Waals surface area (Å²) < 4.78 is 0. The number of hydrogen-bond acceptors (Lipinski definition) is 5. The van der Waals surface area contributed by atoms with Crippen molar-refractivity contribution in [3.8, 4) is 0 Å². The van der Waals surface area contributed by atoms with Gasteiger partial charge in [0.1, 0.15) is 0 Å². The molecule has 2 N–H and O–H groups in total. The first-order valence-electron chi connectivity index (χ1n) is 2.71. The van der Waals surface area contributed by atoms with Crippen LogP contribution in [0.5, 0.6) is 0 Å². The Bertz CT molecular complexity index is 194. The number of carboxylic acid groups (broad SMARTS) is 2. The predicted molar refractivity (Wildman–Crippen MR) is 34.0 cm³/mol. The number of rotatable bonds is 3. The van der Waals surface area contributed by atoms with Crippen LogP contribution in [0.25, 0.3) is 0 Å². The maximum absolute atomic E-state index is 9.47. The second kappa shape index (κ2) is 15.6. The van der Waals surface area contributed by atoms with Crippen molar-refractivity contribution in [3.05, 3.63) is 12.7 Å². The zero-order chi connectivity index (χ0) is 10.1. The molecule has 68 valence electrons. The van der Waals surface area contributed by atoms with Crippen LogP contribution in [-0.4, -0.2) is 17.8 Å². The molecule has 0 heterocycles. The summed E-state index contributed by atoms with van der Waals surface area (Å²) in [6, 6.07) is 0. The fourth-order valence-corrected chi connectivity index (χ4v) is 0.118. The Kier molecular flexibility index (Phi) is 26.5. The van der Waals surface area contributed by atoms with Crippen LogP contribution >= 0.6 is 0 Å². The average molecular weight is 219 g/mol. The van der Waals surface area contributed by atoms with Gasteiger partial charge in [-0.1, -0.05) is 6.58 Å². The van der Waals surface area contributed by atoms with Crippen molar-refractivity contribution in [2.75, 3.05) is 0 Å². The molecule has 1 amide bonds. The van der Waals surface area contributed by atoms with Crippen LogP contribution in [0, 0.1) is 0 Å². The van der Waals surface area contributed by atoms with Crippen molar-refractivity contribution in [3.63, 3.8) is 0 Å². The largest absolute Gasteiger partial charge is 1.00 e. The van der Waals surface area contributed by atoms with Crippen LogP contribution in [-0.2, 0) is 14.4 Å². The summed E-state index contributed by atoms with van der Waals surface area (Å²) in [5.74, 6) is -3.73. The molecule has 0 radical (unpaired) electrons. The number of carbonyl (C=O) groups is 3. The Morgan fingerprint density at radius 3 is 1.36 bits per heavy atom. The molecule has 0 aliphatic heterocycles. The Labute approximate surface area is 125 Å². The van der Waals surface area contributed by atoms with Crippen molar-refractivity contribution in [1.82, 2.24) is 0 Å². The van der Waals surface area contributed by atoms with Crippen LogP contribution in [0.3, 0.4) is 0 Å². The van der Waals surface area contributed by atoms with Gasteiger partial charge in [-0.25, -0.2) is 0 Å². The van der Waals surface area contributed by atoms with Gasteiger partial charge in [-0.2, -0.15) is 0 Å². The van der Waals surface area contributed by atoms with E-state index in [9.17, 15) is 24.6 Å². The van der Waals surface area contributed by atoms with Gasteiger partial charge in [-0.05, 0) is 6.08 Å². The first-order chi connectivity index (χ1) is 5.40. The van der Waals surface area contributed by atoms with Gasteiger partial charge in [0.2, 0.25) is 5.91 Å². The van der Waals surface area contributed by atoms with E-state index in [2.05, 4.69) is 12.3 Å². The molecular weight excluding hydrogens is 212 g/mol. The van der Waals surface area contributed by atoms with Crippen LogP contribution < -0.4 is 75.1 Å². The fraction of sp³-hybridized carbons (Fsp3) is 0.167. The van der Waals surface area contributed by atoms with Crippen LogP contribution in [0.4, 0.5) is 0 Å². The van der Waals surface area contributed by atoms with E-state index in [1.54, 1.807) is 0 Å². The second-order valence-corrected chi connectivity index (χ2v) is 1.53. The Balaban J connectivity index is -0.0000000651. The van der Waals surface area contributed by atoms with E-state index in [0.717, 1.165) is 6.08 Å². The van der Waals surface area contributed by atoms with E-state index in [1.807, 2.05) is 0 Å². The number of amides is 1. The minimum Gasteiger partial charge on any atom is -0.550 e. The number of nitrogens with two attached hydrogens (primary N) is 1. The maximum Gasteiger partial charge on any atom is 1.00 e. The Morgan fingerprint density at radius 1 is 1.14 bits per heavy atom. The molecule has 0 aliphatic carbocycles. The van der Waals surface area contributed by atoms with Crippen LogP contribution in [0.2, 0.25) is 0 Å². The van der Waals surface area contributed by atoms with Crippen molar-refractivity contribution in [2.24, 2.45) is 5.73 Å². The first kappa shape index (κ1) is 23.8. The van der Waals surface area contributed by atoms with E-state index < -0.39 is 24.3 Å². The molecule has 14 heavy (non-hydrogen) atoms. The van der Waals surface area contributed by atoms with Gasteiger partial charge >= 0.3 is 59.1 Å². The number of primary amides is 1. The summed E-state index contributed by atoms with van der Waals surface area (Å²) >= 11 is 0. The first-order valence-corrected chi connectivity index (χ1v) is 2.71. The van der Waals surface area contributed by atoms with Crippen molar-refractivity contribution >= 4 is 17.8 Å². The molecule has 0 unspecified atom stereocenters. The molecule has 0 fully saturated rings. The molecule has 0 saturated heterocycles. The minimum absolute atomic E-state index is 0. The standard InChI is InChI=1S/C3H5NO.C3H4O4.2Na/c1-2-3(4)5;4-2(5)1-3(6)7;;/h2H,1H2,(H2,4,5);1H2,(H,4,5)(H,6,7);;/q;;2*+1/p-2. The van der Waals surface area contributed by atoms with E-state index in [0.29, 0.717) is 0 Å². The number of carboxylic acids is 2. The number of aliphatic carboxylic acids is 2. The molecule has 0 bridgehead atoms. The topological polar surface area (TPSA) is 123 Å². The summed E-state index contributed by atoms with van der Waals surface area (Å²) in [7, 11) is 0. The van der Waals surface area contributed by atoms with Crippen LogP contribution in [0.1, 0.15) is 6.42 Å². The molecule has 0 saturated carbocycles. The molecule has 0 aromatic heterocycles. The van der Waals surface area contributed by atoms with E-state index in [-0.39, 0.29) is 59.1 Å². The fourth-order valence-electron chi connectivity index (χ4n) is 0.118. The molecule has 0 aromatic rings. The molecule has 8 heteroatoms. The van der Waals surface area contributed by atoms with Crippen molar-refractivity contribution in [2.45, 2.75) is 6.42 Å². The molecule has 6 nitrogen and oxygen atoms in total. The summed E-state index contributed by atoms with van der Waals surface area (Å²) in [4.78, 5) is 28.0. The molecule has 0 rings (SSSR count). The average Bonchev–Trinajstić information content (AvgIpc) is 1.85. The maximum atomic E-state index is 9.47. The molecule has 0 aliphatic rings. The number of hydrogen-bond donors (Lipinski definition) is 1. The van der Waals surface area contributed by atoms with Gasteiger partial charge in [-0.15, -0.1) is 0 Å². The van der Waals surface area contributed by atoms with E-state index in [4.69, 9.17) is 0 Å². The smallest absolute Gasteiger partial charge is 0.550 e. The summed E-state index contributed by atoms with van der Waals surface area (Å²) in [5.41, 5.74) is 4.53. The van der Waals surface area contributed by atoms with Gasteiger partial charge < -0.3 is 25.5 Å². The third kappa shape index (κ3) is 39.9. The SMILES string of the molecule is C=CC(N)=O.O=C([O-])CC(=O)[O-].[Na+].[Na+]. The zero-order valence-electron chi connectivity index (χ0n) is 8.11. The summed E-state index contributed by atoms with van der Waals surface area (Å²) in [6.45, 7) is 3.09. The zero-order valence-corrected chi connectivity index (χ0v) is 12.1. The summed E-state index contributed by atoms with van der Waals surface area (Å²) in [5, 5.41) is 18.6. The van der Waals surface area contributed by atoms with Crippen molar-refractivity contribution in [1.29, 1.82) is 0 Å². The molecular formula is C6H7NNa2O5. The van der Waals surface area contributed by atoms with Gasteiger partial charge in [0, 0.05) is 18.4 Å². The van der Waals surface area contributed by atoms with Gasteiger partial charge in [-0.3, -0.25) is 4.79 Å². The van der Waals surface area contributed by atoms with Gasteiger partial charge in [0.25, 0.3) is 0 Å².